The minimum atomic E-state index is -3.97. The Morgan fingerprint density at radius 2 is 1.67 bits per heavy atom. The van der Waals surface area contributed by atoms with Crippen molar-refractivity contribution in [3.05, 3.63) is 65.5 Å². The van der Waals surface area contributed by atoms with E-state index in [4.69, 9.17) is 0 Å². The summed E-state index contributed by atoms with van der Waals surface area (Å²) in [5.74, 6) is -0.847. The summed E-state index contributed by atoms with van der Waals surface area (Å²) in [5.41, 5.74) is 1.16. The maximum atomic E-state index is 14.2. The number of sulfonamides is 1. The van der Waals surface area contributed by atoms with E-state index < -0.39 is 15.8 Å². The quantitative estimate of drug-likeness (QED) is 0.668. The van der Waals surface area contributed by atoms with Crippen LogP contribution >= 0.6 is 0 Å². The lowest BCUT2D eigenvalue weighted by Gasteiger charge is -2.24. The number of carbonyl (C=O) groups excluding carboxylic acids is 1. The number of amides is 1. The van der Waals surface area contributed by atoms with E-state index in [1.54, 1.807) is 24.3 Å². The van der Waals surface area contributed by atoms with Gasteiger partial charge < -0.3 is 5.32 Å². The molecule has 1 N–H and O–H groups in total. The molecule has 162 valence electrons. The number of aryl methyl sites for hydroxylation is 1. The fourth-order valence-electron chi connectivity index (χ4n) is 3.76. The summed E-state index contributed by atoms with van der Waals surface area (Å²) in [5, 5.41) is 2.98. The van der Waals surface area contributed by atoms with Gasteiger partial charge in [0.1, 0.15) is 5.82 Å². The van der Waals surface area contributed by atoms with Gasteiger partial charge in [0.05, 0.1) is 11.4 Å². The normalized spacial score (nSPS) is 15.7. The van der Waals surface area contributed by atoms with Crippen LogP contribution < -0.4 is 5.32 Å². The molecule has 0 aliphatic heterocycles. The molecule has 1 aliphatic rings. The predicted molar refractivity (Wildman–Crippen MR) is 115 cm³/mol. The summed E-state index contributed by atoms with van der Waals surface area (Å²) >= 11 is 0. The monoisotopic (exact) mass is 432 g/mol. The minimum Gasteiger partial charge on any atom is -0.352 e. The Hall–Kier alpha value is -2.25. The summed E-state index contributed by atoms with van der Waals surface area (Å²) in [6.45, 7) is 1.32. The molecule has 0 bridgehead atoms. The summed E-state index contributed by atoms with van der Waals surface area (Å²) in [6, 6.07) is 12.5. The molecule has 3 rings (SSSR count). The van der Waals surface area contributed by atoms with Crippen LogP contribution in [0.1, 0.15) is 49.7 Å². The van der Waals surface area contributed by atoms with E-state index in [1.807, 2.05) is 6.92 Å². The molecule has 30 heavy (non-hydrogen) atoms. The van der Waals surface area contributed by atoms with Gasteiger partial charge in [-0.2, -0.15) is 4.31 Å². The number of halogens is 1. The fourth-order valence-corrected chi connectivity index (χ4v) is 5.13. The van der Waals surface area contributed by atoms with Gasteiger partial charge in [0.25, 0.3) is 0 Å². The van der Waals surface area contributed by atoms with E-state index >= 15 is 0 Å². The van der Waals surface area contributed by atoms with Gasteiger partial charge in [-0.05, 0) is 38.0 Å². The molecule has 0 saturated heterocycles. The van der Waals surface area contributed by atoms with Crippen molar-refractivity contribution < 1.29 is 17.6 Å². The van der Waals surface area contributed by atoms with Crippen molar-refractivity contribution in [1.29, 1.82) is 0 Å². The first-order valence-electron chi connectivity index (χ1n) is 10.5. The second-order valence-corrected chi connectivity index (χ2v) is 9.87. The summed E-state index contributed by atoms with van der Waals surface area (Å²) in [7, 11) is -3.97. The average Bonchev–Trinajstić information content (AvgIpc) is 2.98. The highest BCUT2D eigenvalue weighted by Crippen LogP contribution is 2.21. The number of nitrogens with one attached hydrogen (secondary N) is 1. The van der Waals surface area contributed by atoms with Crippen LogP contribution in [-0.4, -0.2) is 31.2 Å². The first-order chi connectivity index (χ1) is 14.4. The van der Waals surface area contributed by atoms with E-state index in [0.29, 0.717) is 0 Å². The van der Waals surface area contributed by atoms with Gasteiger partial charge in [0.15, 0.2) is 0 Å². The van der Waals surface area contributed by atoms with Crippen LogP contribution in [0.15, 0.2) is 53.4 Å². The van der Waals surface area contributed by atoms with Crippen LogP contribution in [0, 0.1) is 12.7 Å². The third-order valence-corrected chi connectivity index (χ3v) is 7.31. The van der Waals surface area contributed by atoms with E-state index in [2.05, 4.69) is 5.32 Å². The molecule has 1 aliphatic carbocycles. The molecule has 0 atom stereocenters. The zero-order chi connectivity index (χ0) is 21.6. The second kappa shape index (κ2) is 10.2. The minimum absolute atomic E-state index is 0.0670. The van der Waals surface area contributed by atoms with Crippen LogP contribution in [0.25, 0.3) is 0 Å². The Morgan fingerprint density at radius 1 is 1.03 bits per heavy atom. The topological polar surface area (TPSA) is 66.5 Å². The molecule has 1 saturated carbocycles. The average molecular weight is 433 g/mol. The number of hydrogen-bond acceptors (Lipinski definition) is 3. The molecular formula is C23H29FN2O3S. The Kier molecular flexibility index (Phi) is 7.61. The predicted octanol–water partition coefficient (Wildman–Crippen LogP) is 4.16. The maximum absolute atomic E-state index is 14.2. The Bertz CT molecular complexity index is 953. The summed E-state index contributed by atoms with van der Waals surface area (Å²) in [6.07, 6.45) is 6.26. The van der Waals surface area contributed by atoms with Crippen LogP contribution in [0.5, 0.6) is 0 Å². The second-order valence-electron chi connectivity index (χ2n) is 7.93. The van der Waals surface area contributed by atoms with Crippen LogP contribution in [0.4, 0.5) is 4.39 Å². The van der Waals surface area contributed by atoms with Crippen LogP contribution in [-0.2, 0) is 21.4 Å². The third-order valence-electron chi connectivity index (χ3n) is 5.50. The smallest absolute Gasteiger partial charge is 0.243 e. The molecule has 0 spiro atoms. The van der Waals surface area contributed by atoms with Crippen molar-refractivity contribution in [2.45, 2.75) is 62.9 Å². The highest BCUT2D eigenvalue weighted by molar-refractivity contribution is 7.89. The van der Waals surface area contributed by atoms with E-state index in [1.165, 1.54) is 24.3 Å². The molecule has 0 aromatic heterocycles. The molecule has 1 amide bonds. The van der Waals surface area contributed by atoms with Crippen molar-refractivity contribution in [3.63, 3.8) is 0 Å². The lowest BCUT2D eigenvalue weighted by atomic mass is 10.1. The van der Waals surface area contributed by atoms with Crippen LogP contribution in [0.3, 0.4) is 0 Å². The van der Waals surface area contributed by atoms with E-state index in [9.17, 15) is 17.6 Å². The van der Waals surface area contributed by atoms with Crippen molar-refractivity contribution in [2.24, 2.45) is 0 Å². The first-order valence-corrected chi connectivity index (χ1v) is 11.9. The van der Waals surface area contributed by atoms with Gasteiger partial charge in [0, 0.05) is 18.2 Å². The Labute approximate surface area is 178 Å². The van der Waals surface area contributed by atoms with Gasteiger partial charge in [0.2, 0.25) is 15.9 Å². The highest BCUT2D eigenvalue weighted by Gasteiger charge is 2.28. The number of rotatable bonds is 7. The van der Waals surface area contributed by atoms with E-state index in [-0.39, 0.29) is 35.5 Å². The van der Waals surface area contributed by atoms with Crippen molar-refractivity contribution in [3.8, 4) is 0 Å². The molecule has 7 heteroatoms. The molecule has 1 fully saturated rings. The molecule has 2 aromatic carbocycles. The zero-order valence-corrected chi connectivity index (χ0v) is 18.1. The largest absolute Gasteiger partial charge is 0.352 e. The number of carbonyl (C=O) groups is 1. The fraction of sp³-hybridized carbons (Fsp3) is 0.435. The molecule has 0 unspecified atom stereocenters. The number of nitrogens with zero attached hydrogens (tertiary/aromatic N) is 1. The SMILES string of the molecule is Cc1ccc(S(=O)(=O)N(CC(=O)NC2CCCCCC2)Cc2ccccc2F)cc1. The van der Waals surface area contributed by atoms with Gasteiger partial charge >= 0.3 is 0 Å². The molecule has 0 radical (unpaired) electrons. The lowest BCUT2D eigenvalue weighted by Crippen LogP contribution is -2.43. The maximum Gasteiger partial charge on any atom is 0.243 e. The lowest BCUT2D eigenvalue weighted by molar-refractivity contribution is -0.122. The van der Waals surface area contributed by atoms with Gasteiger partial charge in [-0.3, -0.25) is 4.79 Å². The van der Waals surface area contributed by atoms with Crippen molar-refractivity contribution in [2.75, 3.05) is 6.54 Å². The Balaban J connectivity index is 1.82. The molecule has 5 nitrogen and oxygen atoms in total. The summed E-state index contributed by atoms with van der Waals surface area (Å²) in [4.78, 5) is 12.8. The number of benzene rings is 2. The number of hydrogen-bond donors (Lipinski definition) is 1. The Morgan fingerprint density at radius 3 is 2.30 bits per heavy atom. The van der Waals surface area contributed by atoms with E-state index in [0.717, 1.165) is 48.4 Å². The third kappa shape index (κ3) is 5.89. The summed E-state index contributed by atoms with van der Waals surface area (Å²) < 4.78 is 41.8. The zero-order valence-electron chi connectivity index (χ0n) is 17.3. The van der Waals surface area contributed by atoms with Gasteiger partial charge in [-0.15, -0.1) is 0 Å². The first kappa shape index (κ1) is 22.4. The standard InChI is InChI=1S/C23H29FN2O3S/c1-18-12-14-21(15-13-18)30(28,29)26(16-19-8-6-7-11-22(19)24)17-23(27)25-20-9-4-2-3-5-10-20/h6-8,11-15,20H,2-5,9-10,16-17H2,1H3,(H,25,27). The molecule has 2 aromatic rings. The van der Waals surface area contributed by atoms with Gasteiger partial charge in [-0.25, -0.2) is 12.8 Å². The van der Waals surface area contributed by atoms with Crippen molar-refractivity contribution in [1.82, 2.24) is 9.62 Å². The van der Waals surface area contributed by atoms with Crippen LogP contribution in [0.2, 0.25) is 0 Å². The highest BCUT2D eigenvalue weighted by atomic mass is 32.2. The molecular weight excluding hydrogens is 403 g/mol. The van der Waals surface area contributed by atoms with Crippen molar-refractivity contribution >= 4 is 15.9 Å². The molecule has 0 heterocycles. The van der Waals surface area contributed by atoms with Gasteiger partial charge in [-0.1, -0.05) is 61.6 Å².